The van der Waals surface area contributed by atoms with Gasteiger partial charge in [0.15, 0.2) is 6.73 Å². The second-order valence-corrected chi connectivity index (χ2v) is 7.31. The van der Waals surface area contributed by atoms with E-state index in [1.54, 1.807) is 18.2 Å². The van der Waals surface area contributed by atoms with E-state index in [1.807, 2.05) is 18.2 Å². The normalized spacial score (nSPS) is 11.5. The molecule has 0 saturated heterocycles. The van der Waals surface area contributed by atoms with E-state index in [4.69, 9.17) is 33.3 Å². The molecule has 0 saturated carbocycles. The first-order chi connectivity index (χ1) is 19.5. The Morgan fingerprint density at radius 1 is 0.925 bits per heavy atom. The molecule has 2 aromatic carbocycles. The lowest BCUT2D eigenvalue weighted by molar-refractivity contribution is 0.0511. The second kappa shape index (κ2) is 15.1. The zero-order chi connectivity index (χ0) is 28.7. The van der Waals surface area contributed by atoms with Gasteiger partial charge in [-0.05, 0) is 24.4 Å². The Hall–Kier alpha value is -5.46. The second-order valence-electron chi connectivity index (χ2n) is 7.31. The third-order valence-corrected chi connectivity index (χ3v) is 4.87. The Balaban J connectivity index is 1.94. The quantitative estimate of drug-likeness (QED) is 0.101. The molecule has 0 bridgehead atoms. The van der Waals surface area contributed by atoms with Crippen molar-refractivity contribution in [3.63, 3.8) is 0 Å². The third-order valence-electron chi connectivity index (χ3n) is 4.87. The molecule has 0 unspecified atom stereocenters. The lowest BCUT2D eigenvalue weighted by Crippen LogP contribution is -2.10. The van der Waals surface area contributed by atoms with Gasteiger partial charge < -0.3 is 33.3 Å². The third kappa shape index (κ3) is 8.28. The van der Waals surface area contributed by atoms with Crippen LogP contribution in [0, 0.1) is 0 Å². The lowest BCUT2D eigenvalue weighted by atomic mass is 10.2. The smallest absolute Gasteiger partial charge is 0.373 e. The monoisotopic (exact) mass is 549 g/mol. The average Bonchev–Trinajstić information content (AvgIpc) is 2.99. The molecule has 3 rings (SSSR count). The number of aromatic nitrogens is 2. The van der Waals surface area contributed by atoms with E-state index in [1.165, 1.54) is 58.9 Å². The highest BCUT2D eigenvalue weighted by Gasteiger charge is 2.23. The van der Waals surface area contributed by atoms with Crippen molar-refractivity contribution < 1.29 is 38.1 Å². The van der Waals surface area contributed by atoms with Crippen molar-refractivity contribution in [3.8, 4) is 29.3 Å². The number of oxime groups is 1. The highest BCUT2D eigenvalue weighted by molar-refractivity contribution is 5.96. The predicted molar refractivity (Wildman–Crippen MR) is 146 cm³/mol. The van der Waals surface area contributed by atoms with E-state index in [0.717, 1.165) is 5.56 Å². The molecule has 0 fully saturated rings. The Bertz CT molecular complexity index is 1370. The summed E-state index contributed by atoms with van der Waals surface area (Å²) in [5.41, 5.74) is 0.625. The molecule has 0 aliphatic heterocycles. The van der Waals surface area contributed by atoms with Crippen molar-refractivity contribution >= 4 is 24.8 Å². The summed E-state index contributed by atoms with van der Waals surface area (Å²) in [5.74, 6) is -0.0868. The van der Waals surface area contributed by atoms with E-state index < -0.39 is 5.97 Å². The molecule has 40 heavy (non-hydrogen) atoms. The van der Waals surface area contributed by atoms with Gasteiger partial charge in [0.05, 0.1) is 46.8 Å². The molecule has 1 heterocycles. The number of benzene rings is 2. The standard InChI is InChI=1S/C27H27N5O8/c1-28-21(34-2)14-22(35-3)29-17-38-19-12-9-13-20(39-27-31-23(36-4)15-24(32-27)37-5)25(19)26(33)40-30-16-18-10-7-6-8-11-18/h6-16H,1,17H2,2-5H3. The Morgan fingerprint density at radius 2 is 1.62 bits per heavy atom. The lowest BCUT2D eigenvalue weighted by Gasteiger charge is -2.13. The Kier molecular flexibility index (Phi) is 11.0. The summed E-state index contributed by atoms with van der Waals surface area (Å²) < 4.78 is 32.1. The molecular formula is C27H27N5O8. The van der Waals surface area contributed by atoms with Crippen LogP contribution in [0.4, 0.5) is 0 Å². The van der Waals surface area contributed by atoms with E-state index >= 15 is 0 Å². The minimum Gasteiger partial charge on any atom is -0.481 e. The van der Waals surface area contributed by atoms with Crippen LogP contribution in [0.15, 0.2) is 81.7 Å². The summed E-state index contributed by atoms with van der Waals surface area (Å²) in [4.78, 5) is 34.5. The van der Waals surface area contributed by atoms with Gasteiger partial charge in [0.2, 0.25) is 23.5 Å². The zero-order valence-electron chi connectivity index (χ0n) is 22.3. The average molecular weight is 550 g/mol. The zero-order valence-corrected chi connectivity index (χ0v) is 22.3. The van der Waals surface area contributed by atoms with Gasteiger partial charge >= 0.3 is 12.0 Å². The summed E-state index contributed by atoms with van der Waals surface area (Å²) in [6, 6.07) is 15.1. The first-order valence-corrected chi connectivity index (χ1v) is 11.5. The maximum atomic E-state index is 13.2. The van der Waals surface area contributed by atoms with E-state index in [0.29, 0.717) is 0 Å². The van der Waals surface area contributed by atoms with Gasteiger partial charge in [-0.25, -0.2) is 14.8 Å². The van der Waals surface area contributed by atoms with E-state index in [9.17, 15) is 4.79 Å². The van der Waals surface area contributed by atoms with Crippen LogP contribution in [0.25, 0.3) is 0 Å². The fourth-order valence-corrected chi connectivity index (χ4v) is 2.98. The van der Waals surface area contributed by atoms with Crippen molar-refractivity contribution in [2.45, 2.75) is 0 Å². The molecule has 3 aromatic rings. The van der Waals surface area contributed by atoms with Gasteiger partial charge in [-0.3, -0.25) is 0 Å². The largest absolute Gasteiger partial charge is 0.481 e. The summed E-state index contributed by atoms with van der Waals surface area (Å²) in [6.45, 7) is 3.14. The van der Waals surface area contributed by atoms with Gasteiger partial charge in [-0.2, -0.15) is 9.97 Å². The molecule has 13 heteroatoms. The summed E-state index contributed by atoms with van der Waals surface area (Å²) in [6.07, 6.45) is 2.80. The van der Waals surface area contributed by atoms with E-state index in [2.05, 4.69) is 31.8 Å². The van der Waals surface area contributed by atoms with Crippen LogP contribution >= 0.6 is 0 Å². The number of aliphatic imine (C=N–C) groups is 2. The van der Waals surface area contributed by atoms with Gasteiger partial charge in [0.25, 0.3) is 0 Å². The molecule has 0 N–H and O–H groups in total. The molecule has 0 aliphatic carbocycles. The van der Waals surface area contributed by atoms with Crippen LogP contribution in [0.3, 0.4) is 0 Å². The van der Waals surface area contributed by atoms with Crippen molar-refractivity contribution in [2.75, 3.05) is 35.2 Å². The Morgan fingerprint density at radius 3 is 2.25 bits per heavy atom. The van der Waals surface area contributed by atoms with Crippen molar-refractivity contribution in [3.05, 3.63) is 77.7 Å². The predicted octanol–water partition coefficient (Wildman–Crippen LogP) is 4.05. The molecular weight excluding hydrogens is 522 g/mol. The molecule has 208 valence electrons. The Labute approximate surface area is 230 Å². The van der Waals surface area contributed by atoms with Crippen molar-refractivity contribution in [2.24, 2.45) is 15.1 Å². The fraction of sp³-hybridized carbons (Fsp3) is 0.185. The first-order valence-electron chi connectivity index (χ1n) is 11.5. The van der Waals surface area contributed by atoms with Crippen LogP contribution in [-0.2, 0) is 14.3 Å². The van der Waals surface area contributed by atoms with Crippen LogP contribution in [0.5, 0.6) is 29.3 Å². The number of carbonyl (C=O) groups excluding carboxylic acids is 1. The number of hydrogen-bond acceptors (Lipinski definition) is 13. The van der Waals surface area contributed by atoms with Crippen molar-refractivity contribution in [1.29, 1.82) is 0 Å². The SMILES string of the molecule is C=NC(=CC(=NCOc1cccc(Oc2nc(OC)cc(OC)n2)c1C(=O)ON=Cc1ccccc1)OC)OC. The van der Waals surface area contributed by atoms with E-state index in [-0.39, 0.29) is 53.3 Å². The van der Waals surface area contributed by atoms with Gasteiger partial charge in [0.1, 0.15) is 17.1 Å². The molecule has 0 aliphatic rings. The van der Waals surface area contributed by atoms with Crippen LogP contribution < -0.4 is 18.9 Å². The molecule has 0 spiro atoms. The number of rotatable bonds is 13. The fourth-order valence-electron chi connectivity index (χ4n) is 2.98. The number of hydrogen-bond donors (Lipinski definition) is 0. The molecule has 0 atom stereocenters. The van der Waals surface area contributed by atoms with Crippen molar-refractivity contribution in [1.82, 2.24) is 9.97 Å². The van der Waals surface area contributed by atoms with Gasteiger partial charge in [0, 0.05) is 0 Å². The molecule has 0 amide bonds. The molecule has 1 aromatic heterocycles. The topological polar surface area (TPSA) is 145 Å². The summed E-state index contributed by atoms with van der Waals surface area (Å²) in [5, 5.41) is 3.79. The van der Waals surface area contributed by atoms with Crippen LogP contribution in [0.2, 0.25) is 0 Å². The van der Waals surface area contributed by atoms with Gasteiger partial charge in [-0.15, -0.1) is 0 Å². The minimum atomic E-state index is -0.874. The highest BCUT2D eigenvalue weighted by atomic mass is 16.7. The maximum absolute atomic E-state index is 13.2. The molecule has 0 radical (unpaired) electrons. The number of nitrogens with zero attached hydrogens (tertiary/aromatic N) is 5. The first kappa shape index (κ1) is 29.1. The summed E-state index contributed by atoms with van der Waals surface area (Å²) >= 11 is 0. The number of carbonyl (C=O) groups is 1. The maximum Gasteiger partial charge on any atom is 0.373 e. The number of ether oxygens (including phenoxy) is 6. The van der Waals surface area contributed by atoms with Crippen LogP contribution in [0.1, 0.15) is 15.9 Å². The highest BCUT2D eigenvalue weighted by Crippen LogP contribution is 2.33. The summed E-state index contributed by atoms with van der Waals surface area (Å²) in [7, 11) is 5.70. The molecule has 13 nitrogen and oxygen atoms in total. The minimum absolute atomic E-state index is 0.0149. The van der Waals surface area contributed by atoms with Gasteiger partial charge in [-0.1, -0.05) is 41.6 Å². The van der Waals surface area contributed by atoms with Crippen LogP contribution in [-0.4, -0.2) is 69.9 Å². The number of methoxy groups -OCH3 is 4.